The first kappa shape index (κ1) is 35.0. The summed E-state index contributed by atoms with van der Waals surface area (Å²) >= 11 is 12.6. The molecule has 9 nitrogen and oxygen atoms in total. The Morgan fingerprint density at radius 3 is 2.42 bits per heavy atom. The largest absolute Gasteiger partial charge is 0.460 e. The second-order valence-corrected chi connectivity index (χ2v) is 15.2. The zero-order chi connectivity index (χ0) is 33.5. The van der Waals surface area contributed by atoms with Gasteiger partial charge in [0.2, 0.25) is 0 Å². The summed E-state index contributed by atoms with van der Waals surface area (Å²) in [5.74, 6) is -0.545. The second kappa shape index (κ2) is 13.1. The number of nitrogens with one attached hydrogen (secondary N) is 1. The molecule has 0 amide bonds. The maximum atomic E-state index is 14.4. The summed E-state index contributed by atoms with van der Waals surface area (Å²) in [7, 11) is -3.79. The van der Waals surface area contributed by atoms with E-state index in [0.29, 0.717) is 36.6 Å². The van der Waals surface area contributed by atoms with Crippen molar-refractivity contribution in [2.75, 3.05) is 18.8 Å². The number of carbonyl (C=O) groups is 1. The van der Waals surface area contributed by atoms with Gasteiger partial charge in [-0.3, -0.25) is 19.1 Å². The van der Waals surface area contributed by atoms with Gasteiger partial charge in [0.1, 0.15) is 5.60 Å². The summed E-state index contributed by atoms with van der Waals surface area (Å²) in [5, 5.41) is -0.740. The van der Waals surface area contributed by atoms with Gasteiger partial charge in [-0.15, -0.1) is 0 Å². The van der Waals surface area contributed by atoms with Crippen LogP contribution in [0, 0.1) is 5.92 Å². The fraction of sp³-hybridized carbons (Fsp3) is 0.500. The van der Waals surface area contributed by atoms with Crippen molar-refractivity contribution in [3.8, 4) is 0 Å². The molecule has 0 saturated carbocycles. The molecule has 0 bridgehead atoms. The van der Waals surface area contributed by atoms with E-state index in [9.17, 15) is 36.0 Å². The third-order valence-electron chi connectivity index (χ3n) is 7.62. The van der Waals surface area contributed by atoms with Crippen molar-refractivity contribution in [3.63, 3.8) is 0 Å². The summed E-state index contributed by atoms with van der Waals surface area (Å²) < 4.78 is 74.4. The molecular formula is C30H34Cl2F3N3O6S. The van der Waals surface area contributed by atoms with Crippen molar-refractivity contribution >= 4 is 49.9 Å². The molecular weight excluding hydrogens is 658 g/mol. The summed E-state index contributed by atoms with van der Waals surface area (Å²) in [6, 6.07) is 4.56. The number of sulfone groups is 1. The Hall–Kier alpha value is -2.87. The highest BCUT2D eigenvalue weighted by Gasteiger charge is 2.37. The summed E-state index contributed by atoms with van der Waals surface area (Å²) in [4.78, 5) is 42.8. The molecule has 2 aromatic carbocycles. The maximum Gasteiger partial charge on any atom is 0.416 e. The van der Waals surface area contributed by atoms with Gasteiger partial charge < -0.3 is 9.72 Å². The van der Waals surface area contributed by atoms with E-state index in [4.69, 9.17) is 27.9 Å². The van der Waals surface area contributed by atoms with Gasteiger partial charge in [-0.1, -0.05) is 30.1 Å². The Morgan fingerprint density at radius 2 is 1.80 bits per heavy atom. The number of esters is 1. The minimum atomic E-state index is -4.88. The Labute approximate surface area is 268 Å². The van der Waals surface area contributed by atoms with Crippen LogP contribution in [0.4, 0.5) is 13.2 Å². The molecule has 2 heterocycles. The average Bonchev–Trinajstić information content (AvgIpc) is 3.37. The Bertz CT molecular complexity index is 1850. The van der Waals surface area contributed by atoms with Gasteiger partial charge in [-0.25, -0.2) is 13.2 Å². The number of hydrogen-bond donors (Lipinski definition) is 1. The molecule has 15 heteroatoms. The van der Waals surface area contributed by atoms with Crippen LogP contribution in [0.25, 0.3) is 10.9 Å². The van der Waals surface area contributed by atoms with Crippen LogP contribution in [0.5, 0.6) is 0 Å². The summed E-state index contributed by atoms with van der Waals surface area (Å²) in [6.45, 7) is 6.87. The van der Waals surface area contributed by atoms with E-state index in [-0.39, 0.29) is 57.2 Å². The standard InChI is InChI=1S/C30H34Cl2F3N3O6S/c1-5-45(42,43)23-8-7-19(31)12-18(23)15-38-27(40)20-13-22(30(33,34)35)21(25(32)26(20)36-28(38)41)16-37-11-10-17(14-37)6-9-24(39)44-29(2,3)4/h7-8,12-13,17H,5-6,9-11,14-16H2,1-4H3,(H,36,41)/t17-/m0/s1. The lowest BCUT2D eigenvalue weighted by atomic mass is 10.0. The van der Waals surface area contributed by atoms with Gasteiger partial charge in [0, 0.05) is 24.5 Å². The number of nitrogens with zero attached hydrogens (tertiary/aromatic N) is 2. The number of aromatic amines is 1. The molecule has 0 spiro atoms. The number of rotatable bonds is 9. The molecule has 1 atom stereocenters. The molecule has 4 rings (SSSR count). The topological polar surface area (TPSA) is 119 Å². The highest BCUT2D eigenvalue weighted by atomic mass is 35.5. The fourth-order valence-electron chi connectivity index (χ4n) is 5.48. The minimum Gasteiger partial charge on any atom is -0.460 e. The lowest BCUT2D eigenvalue weighted by Gasteiger charge is -2.22. The van der Waals surface area contributed by atoms with Crippen molar-refractivity contribution in [2.24, 2.45) is 5.92 Å². The van der Waals surface area contributed by atoms with Crippen LogP contribution >= 0.6 is 23.2 Å². The van der Waals surface area contributed by atoms with Gasteiger partial charge in [-0.05, 0) is 81.5 Å². The molecule has 1 saturated heterocycles. The van der Waals surface area contributed by atoms with Crippen molar-refractivity contribution in [2.45, 2.75) is 76.7 Å². The zero-order valence-electron chi connectivity index (χ0n) is 25.2. The van der Waals surface area contributed by atoms with Gasteiger partial charge in [-0.2, -0.15) is 13.2 Å². The number of ether oxygens (including phenoxy) is 1. The molecule has 1 fully saturated rings. The van der Waals surface area contributed by atoms with Crippen LogP contribution in [0.1, 0.15) is 63.6 Å². The van der Waals surface area contributed by atoms with Gasteiger partial charge in [0.05, 0.1) is 38.7 Å². The van der Waals surface area contributed by atoms with Crippen LogP contribution < -0.4 is 11.2 Å². The Kier molecular flexibility index (Phi) is 10.2. The molecule has 1 aliphatic rings. The molecule has 1 aromatic heterocycles. The molecule has 0 unspecified atom stereocenters. The van der Waals surface area contributed by atoms with Crippen LogP contribution in [-0.2, 0) is 38.6 Å². The first-order valence-corrected chi connectivity index (χ1v) is 16.7. The van der Waals surface area contributed by atoms with E-state index >= 15 is 0 Å². The number of aromatic nitrogens is 2. The van der Waals surface area contributed by atoms with E-state index in [0.717, 1.165) is 0 Å². The molecule has 3 aromatic rings. The van der Waals surface area contributed by atoms with Crippen LogP contribution in [0.3, 0.4) is 0 Å². The SMILES string of the molecule is CCS(=O)(=O)c1ccc(Cl)cc1Cn1c(=O)[nH]c2c(Cl)c(CN3CC[C@H](CCC(=O)OC(C)(C)C)C3)c(C(F)(F)F)cc2c1=O. The quantitative estimate of drug-likeness (QED) is 0.282. The Morgan fingerprint density at radius 1 is 1.11 bits per heavy atom. The predicted molar refractivity (Wildman–Crippen MR) is 166 cm³/mol. The number of carbonyl (C=O) groups excluding carboxylic acids is 1. The minimum absolute atomic E-state index is 0.0327. The highest BCUT2D eigenvalue weighted by molar-refractivity contribution is 7.91. The Balaban J connectivity index is 1.68. The smallest absolute Gasteiger partial charge is 0.416 e. The number of alkyl halides is 3. The van der Waals surface area contributed by atoms with Crippen LogP contribution in [-0.4, -0.2) is 53.3 Å². The lowest BCUT2D eigenvalue weighted by Crippen LogP contribution is -2.36. The third-order valence-corrected chi connectivity index (χ3v) is 10.1. The van der Waals surface area contributed by atoms with E-state index in [2.05, 4.69) is 4.98 Å². The number of fused-ring (bicyclic) bond motifs is 1. The zero-order valence-corrected chi connectivity index (χ0v) is 27.5. The van der Waals surface area contributed by atoms with Crippen molar-refractivity contribution in [1.29, 1.82) is 0 Å². The summed E-state index contributed by atoms with van der Waals surface area (Å²) in [6.07, 6.45) is -3.51. The first-order chi connectivity index (χ1) is 20.8. The third kappa shape index (κ3) is 8.11. The van der Waals surface area contributed by atoms with Crippen molar-refractivity contribution in [1.82, 2.24) is 14.5 Å². The second-order valence-electron chi connectivity index (χ2n) is 12.1. The number of H-pyrrole nitrogens is 1. The molecule has 1 aliphatic heterocycles. The number of halogens is 5. The average molecular weight is 693 g/mol. The first-order valence-electron chi connectivity index (χ1n) is 14.3. The number of benzene rings is 2. The molecule has 0 aliphatic carbocycles. The van der Waals surface area contributed by atoms with E-state index < -0.39 is 55.4 Å². The molecule has 246 valence electrons. The lowest BCUT2D eigenvalue weighted by molar-refractivity contribution is -0.155. The maximum absolute atomic E-state index is 14.4. The van der Waals surface area contributed by atoms with Crippen LogP contribution in [0.2, 0.25) is 10.0 Å². The van der Waals surface area contributed by atoms with E-state index in [1.165, 1.54) is 25.1 Å². The number of likely N-dealkylation sites (tertiary alicyclic amines) is 1. The van der Waals surface area contributed by atoms with Crippen LogP contribution in [0.15, 0.2) is 38.8 Å². The highest BCUT2D eigenvalue weighted by Crippen LogP contribution is 2.39. The predicted octanol–water partition coefficient (Wildman–Crippen LogP) is 5.80. The van der Waals surface area contributed by atoms with E-state index in [1.807, 2.05) is 0 Å². The fourth-order valence-corrected chi connectivity index (χ4v) is 7.09. The molecule has 0 radical (unpaired) electrons. The normalized spacial score (nSPS) is 16.4. The molecule has 45 heavy (non-hydrogen) atoms. The number of hydrogen-bond acceptors (Lipinski definition) is 7. The van der Waals surface area contributed by atoms with Crippen molar-refractivity contribution < 1.29 is 31.1 Å². The molecule has 1 N–H and O–H groups in total. The van der Waals surface area contributed by atoms with Gasteiger partial charge in [0.25, 0.3) is 5.56 Å². The van der Waals surface area contributed by atoms with Gasteiger partial charge in [0.15, 0.2) is 9.84 Å². The van der Waals surface area contributed by atoms with Gasteiger partial charge >= 0.3 is 17.8 Å². The monoisotopic (exact) mass is 691 g/mol. The summed E-state index contributed by atoms with van der Waals surface area (Å²) in [5.41, 5.74) is -4.30. The van der Waals surface area contributed by atoms with E-state index in [1.54, 1.807) is 25.7 Å². The van der Waals surface area contributed by atoms with Crippen molar-refractivity contribution in [3.05, 3.63) is 71.8 Å².